The largest absolute Gasteiger partial charge is 0.504 e. The van der Waals surface area contributed by atoms with E-state index in [9.17, 15) is 24.8 Å². The van der Waals surface area contributed by atoms with Crippen LogP contribution in [-0.2, 0) is 11.3 Å². The van der Waals surface area contributed by atoms with Crippen molar-refractivity contribution >= 4 is 34.7 Å². The van der Waals surface area contributed by atoms with Crippen molar-refractivity contribution in [2.75, 3.05) is 6.61 Å². The summed E-state index contributed by atoms with van der Waals surface area (Å²) in [5.41, 5.74) is 0.982. The van der Waals surface area contributed by atoms with E-state index in [-0.39, 0.29) is 28.6 Å². The van der Waals surface area contributed by atoms with Crippen molar-refractivity contribution in [2.24, 2.45) is 0 Å². The topological polar surface area (TPSA) is 110 Å². The number of imide groups is 1. The van der Waals surface area contributed by atoms with Crippen molar-refractivity contribution in [2.45, 2.75) is 13.5 Å². The molecule has 28 heavy (non-hydrogen) atoms. The van der Waals surface area contributed by atoms with E-state index in [0.29, 0.717) is 17.7 Å². The molecule has 0 aromatic heterocycles. The number of rotatable bonds is 6. The third-order valence-electron chi connectivity index (χ3n) is 3.92. The molecule has 1 fully saturated rings. The number of amides is 2. The van der Waals surface area contributed by atoms with Gasteiger partial charge in [-0.25, -0.2) is 0 Å². The number of hydrogen-bond donors (Lipinski definition) is 1. The molecule has 1 heterocycles. The van der Waals surface area contributed by atoms with Crippen molar-refractivity contribution in [3.05, 3.63) is 68.6 Å². The number of phenolic OH excluding ortho intramolecular Hbond substituents is 1. The van der Waals surface area contributed by atoms with E-state index < -0.39 is 16.1 Å². The summed E-state index contributed by atoms with van der Waals surface area (Å²) in [5, 5.41) is 20.2. The van der Waals surface area contributed by atoms with E-state index in [1.54, 1.807) is 31.2 Å². The van der Waals surface area contributed by atoms with Gasteiger partial charge in [0.1, 0.15) is 0 Å². The van der Waals surface area contributed by atoms with Gasteiger partial charge in [-0.2, -0.15) is 0 Å². The van der Waals surface area contributed by atoms with Gasteiger partial charge >= 0.3 is 0 Å². The van der Waals surface area contributed by atoms with Crippen molar-refractivity contribution < 1.29 is 24.4 Å². The summed E-state index contributed by atoms with van der Waals surface area (Å²) in [6, 6.07) is 10.4. The number of carbonyl (C=O) groups excluding carboxylic acids is 2. The van der Waals surface area contributed by atoms with Crippen LogP contribution in [0.3, 0.4) is 0 Å². The molecule has 0 radical (unpaired) electrons. The fourth-order valence-electron chi connectivity index (χ4n) is 2.63. The maximum Gasteiger partial charge on any atom is 0.293 e. The molecule has 9 heteroatoms. The van der Waals surface area contributed by atoms with Crippen LogP contribution in [0.15, 0.2) is 47.4 Å². The highest BCUT2D eigenvalue weighted by atomic mass is 32.2. The molecule has 0 unspecified atom stereocenters. The minimum Gasteiger partial charge on any atom is -0.504 e. The highest BCUT2D eigenvalue weighted by Gasteiger charge is 2.35. The summed E-state index contributed by atoms with van der Waals surface area (Å²) in [6.07, 6.45) is 1.54. The fraction of sp³-hybridized carbons (Fsp3) is 0.158. The molecule has 0 bridgehead atoms. The quantitative estimate of drug-likeness (QED) is 0.444. The number of carbonyl (C=O) groups is 2. The Balaban J connectivity index is 1.82. The van der Waals surface area contributed by atoms with Gasteiger partial charge in [0.05, 0.1) is 23.0 Å². The number of benzene rings is 2. The SMILES string of the molecule is CCOc1cc(C=C2SC(=O)N(Cc3cccc([N+](=O)[O-])c3)C2=O)ccc1O. The van der Waals surface area contributed by atoms with Crippen LogP contribution >= 0.6 is 11.8 Å². The van der Waals surface area contributed by atoms with E-state index in [1.807, 2.05) is 0 Å². The maximum absolute atomic E-state index is 12.6. The average Bonchev–Trinajstić information content (AvgIpc) is 2.92. The van der Waals surface area contributed by atoms with Crippen LogP contribution in [0.5, 0.6) is 11.5 Å². The van der Waals surface area contributed by atoms with Gasteiger partial charge < -0.3 is 9.84 Å². The Morgan fingerprint density at radius 1 is 1.25 bits per heavy atom. The molecule has 0 atom stereocenters. The van der Waals surface area contributed by atoms with E-state index in [4.69, 9.17) is 4.74 Å². The summed E-state index contributed by atoms with van der Waals surface area (Å²) in [4.78, 5) is 36.5. The van der Waals surface area contributed by atoms with Crippen molar-refractivity contribution in [3.63, 3.8) is 0 Å². The molecule has 2 aromatic carbocycles. The van der Waals surface area contributed by atoms with E-state index >= 15 is 0 Å². The number of nitro groups is 1. The first-order valence-electron chi connectivity index (χ1n) is 8.33. The molecule has 0 saturated carbocycles. The van der Waals surface area contributed by atoms with Gasteiger partial charge in [0.25, 0.3) is 16.8 Å². The van der Waals surface area contributed by atoms with Gasteiger partial charge in [-0.05, 0) is 48.0 Å². The molecule has 0 aliphatic carbocycles. The Morgan fingerprint density at radius 3 is 2.75 bits per heavy atom. The van der Waals surface area contributed by atoms with Gasteiger partial charge in [-0.15, -0.1) is 0 Å². The molecule has 144 valence electrons. The molecule has 2 amide bonds. The molecule has 1 saturated heterocycles. The van der Waals surface area contributed by atoms with Gasteiger partial charge in [-0.3, -0.25) is 24.6 Å². The Kier molecular flexibility index (Phi) is 5.65. The number of phenols is 1. The first kappa shape index (κ1) is 19.4. The summed E-state index contributed by atoms with van der Waals surface area (Å²) < 4.78 is 5.32. The Labute approximate surface area is 164 Å². The minimum atomic E-state index is -0.530. The van der Waals surface area contributed by atoms with E-state index in [0.717, 1.165) is 16.7 Å². The van der Waals surface area contributed by atoms with Gasteiger partial charge in [-0.1, -0.05) is 18.2 Å². The second-order valence-corrected chi connectivity index (χ2v) is 6.85. The number of thioether (sulfide) groups is 1. The first-order valence-corrected chi connectivity index (χ1v) is 9.15. The zero-order valence-corrected chi connectivity index (χ0v) is 15.6. The zero-order chi connectivity index (χ0) is 20.3. The van der Waals surface area contributed by atoms with Crippen LogP contribution in [0.25, 0.3) is 6.08 Å². The first-order chi connectivity index (χ1) is 13.4. The monoisotopic (exact) mass is 400 g/mol. The van der Waals surface area contributed by atoms with Crippen molar-refractivity contribution in [3.8, 4) is 11.5 Å². The fourth-order valence-corrected chi connectivity index (χ4v) is 3.47. The normalized spacial score (nSPS) is 15.3. The lowest BCUT2D eigenvalue weighted by Crippen LogP contribution is -2.27. The number of hydrogen-bond acceptors (Lipinski definition) is 7. The van der Waals surface area contributed by atoms with Crippen molar-refractivity contribution in [1.82, 2.24) is 4.90 Å². The summed E-state index contributed by atoms with van der Waals surface area (Å²) in [7, 11) is 0. The van der Waals surface area contributed by atoms with Crippen LogP contribution in [0, 0.1) is 10.1 Å². The lowest BCUT2D eigenvalue weighted by Gasteiger charge is -2.12. The molecular formula is C19H16N2O6S. The van der Waals surface area contributed by atoms with Crippen LogP contribution in [0.4, 0.5) is 10.5 Å². The summed E-state index contributed by atoms with van der Waals surface area (Å²) in [5.74, 6) is -0.211. The maximum atomic E-state index is 12.6. The Hall–Kier alpha value is -3.33. The van der Waals surface area contributed by atoms with E-state index in [1.165, 1.54) is 24.3 Å². The van der Waals surface area contributed by atoms with Crippen molar-refractivity contribution in [1.29, 1.82) is 0 Å². The number of nitrogens with zero attached hydrogens (tertiary/aromatic N) is 2. The highest BCUT2D eigenvalue weighted by Crippen LogP contribution is 2.35. The predicted octanol–water partition coefficient (Wildman–Crippen LogP) is 3.94. The van der Waals surface area contributed by atoms with Gasteiger partial charge in [0.15, 0.2) is 11.5 Å². The molecule has 3 rings (SSSR count). The third kappa shape index (κ3) is 4.15. The van der Waals surface area contributed by atoms with Crippen LogP contribution in [-0.4, -0.2) is 32.7 Å². The number of ether oxygens (including phenoxy) is 1. The minimum absolute atomic E-state index is 0.0159. The van der Waals surface area contributed by atoms with Crippen LogP contribution < -0.4 is 4.74 Å². The summed E-state index contributed by atoms with van der Waals surface area (Å²) in [6.45, 7) is 2.10. The second kappa shape index (κ2) is 8.13. The molecule has 1 N–H and O–H groups in total. The lowest BCUT2D eigenvalue weighted by molar-refractivity contribution is -0.384. The molecule has 1 aliphatic heterocycles. The second-order valence-electron chi connectivity index (χ2n) is 5.86. The molecule has 8 nitrogen and oxygen atoms in total. The van der Waals surface area contributed by atoms with E-state index in [2.05, 4.69) is 0 Å². The number of nitro benzene ring substituents is 1. The Morgan fingerprint density at radius 2 is 2.04 bits per heavy atom. The average molecular weight is 400 g/mol. The summed E-state index contributed by atoms with van der Waals surface area (Å²) >= 11 is 0.791. The third-order valence-corrected chi connectivity index (χ3v) is 4.82. The highest BCUT2D eigenvalue weighted by molar-refractivity contribution is 8.18. The molecule has 2 aromatic rings. The molecular weight excluding hydrogens is 384 g/mol. The van der Waals surface area contributed by atoms with Gasteiger partial charge in [0, 0.05) is 12.1 Å². The molecule has 0 spiro atoms. The lowest BCUT2D eigenvalue weighted by atomic mass is 10.1. The smallest absolute Gasteiger partial charge is 0.293 e. The zero-order valence-electron chi connectivity index (χ0n) is 14.8. The number of aromatic hydroxyl groups is 1. The Bertz CT molecular complexity index is 988. The number of non-ortho nitro benzene ring substituents is 1. The van der Waals surface area contributed by atoms with Crippen LogP contribution in [0.2, 0.25) is 0 Å². The standard InChI is InChI=1S/C19H16N2O6S/c1-2-27-16-9-12(6-7-15(16)22)10-17-18(23)20(19(24)28-17)11-13-4-3-5-14(8-13)21(25)26/h3-10,22H,2,11H2,1H3. The van der Waals surface area contributed by atoms with Crippen LogP contribution in [0.1, 0.15) is 18.1 Å². The van der Waals surface area contributed by atoms with Gasteiger partial charge in [0.2, 0.25) is 0 Å². The molecule has 1 aliphatic rings. The predicted molar refractivity (Wildman–Crippen MR) is 104 cm³/mol.